The maximum Gasteiger partial charge on any atom is 0.342 e. The van der Waals surface area contributed by atoms with Gasteiger partial charge in [0.15, 0.2) is 6.61 Å². The van der Waals surface area contributed by atoms with Gasteiger partial charge in [0.05, 0.1) is 19.6 Å². The second kappa shape index (κ2) is 9.49. The summed E-state index contributed by atoms with van der Waals surface area (Å²) in [7, 11) is 1.47. The molecule has 0 aromatic heterocycles. The van der Waals surface area contributed by atoms with E-state index in [0.29, 0.717) is 17.9 Å². The molecule has 0 aliphatic rings. The lowest BCUT2D eigenvalue weighted by Crippen LogP contribution is -2.21. The molecule has 0 saturated carbocycles. The number of nitrogens with zero attached hydrogens (tertiary/aromatic N) is 1. The summed E-state index contributed by atoms with van der Waals surface area (Å²) in [5.41, 5.74) is 1.69. The van der Waals surface area contributed by atoms with Crippen LogP contribution in [0.2, 0.25) is 0 Å². The minimum absolute atomic E-state index is 0.263. The molecule has 0 spiro atoms. The number of ether oxygens (including phenoxy) is 2. The van der Waals surface area contributed by atoms with Gasteiger partial charge in [0.1, 0.15) is 11.3 Å². The zero-order valence-corrected chi connectivity index (χ0v) is 15.3. The third kappa shape index (κ3) is 5.26. The molecule has 0 bridgehead atoms. The third-order valence-corrected chi connectivity index (χ3v) is 4.21. The molecule has 7 heteroatoms. The van der Waals surface area contributed by atoms with Gasteiger partial charge in [-0.2, -0.15) is 5.26 Å². The highest BCUT2D eigenvalue weighted by molar-refractivity contribution is 7.98. The Balaban J connectivity index is 1.92. The molecule has 0 saturated heterocycles. The smallest absolute Gasteiger partial charge is 0.342 e. The second-order valence-electron chi connectivity index (χ2n) is 5.22. The van der Waals surface area contributed by atoms with E-state index in [1.807, 2.05) is 6.26 Å². The van der Waals surface area contributed by atoms with Crippen LogP contribution in [0.4, 0.5) is 5.69 Å². The van der Waals surface area contributed by atoms with Crippen LogP contribution >= 0.6 is 11.8 Å². The molecule has 6 nitrogen and oxygen atoms in total. The first kappa shape index (κ1) is 19.3. The summed E-state index contributed by atoms with van der Waals surface area (Å²) in [5.74, 6) is -0.685. The van der Waals surface area contributed by atoms with Gasteiger partial charge in [-0.15, -0.1) is 11.8 Å². The van der Waals surface area contributed by atoms with Crippen LogP contribution in [0, 0.1) is 11.3 Å². The van der Waals surface area contributed by atoms with Gasteiger partial charge in [-0.1, -0.05) is 12.1 Å². The number of carbonyl (C=O) groups excluding carboxylic acids is 2. The van der Waals surface area contributed by atoms with E-state index >= 15 is 0 Å². The van der Waals surface area contributed by atoms with E-state index in [-0.39, 0.29) is 5.56 Å². The summed E-state index contributed by atoms with van der Waals surface area (Å²) in [6.07, 6.45) is 2.23. The van der Waals surface area contributed by atoms with Crippen molar-refractivity contribution in [1.82, 2.24) is 0 Å². The highest BCUT2D eigenvalue weighted by atomic mass is 32.2. The quantitative estimate of drug-likeness (QED) is 0.594. The lowest BCUT2D eigenvalue weighted by molar-refractivity contribution is -0.119. The van der Waals surface area contributed by atoms with Crippen molar-refractivity contribution in [2.45, 2.75) is 11.3 Å². The van der Waals surface area contributed by atoms with Crippen molar-refractivity contribution in [1.29, 1.82) is 5.26 Å². The molecule has 2 aromatic rings. The SMILES string of the molecule is COc1cc(SC)ccc1C(=O)OCC(=O)Nc1ccc(CC#N)cc1. The molecule has 2 aromatic carbocycles. The number of anilines is 1. The van der Waals surface area contributed by atoms with Gasteiger partial charge in [0.2, 0.25) is 0 Å². The van der Waals surface area contributed by atoms with Crippen molar-refractivity contribution in [3.05, 3.63) is 53.6 Å². The van der Waals surface area contributed by atoms with Crippen LogP contribution in [-0.4, -0.2) is 31.8 Å². The minimum atomic E-state index is -0.631. The Kier molecular flexibility index (Phi) is 7.06. The topological polar surface area (TPSA) is 88.4 Å². The molecule has 26 heavy (non-hydrogen) atoms. The highest BCUT2D eigenvalue weighted by Gasteiger charge is 2.16. The first-order chi connectivity index (χ1) is 12.6. The van der Waals surface area contributed by atoms with Crippen LogP contribution < -0.4 is 10.1 Å². The molecule has 134 valence electrons. The molecule has 0 atom stereocenters. The van der Waals surface area contributed by atoms with E-state index in [0.717, 1.165) is 10.5 Å². The Morgan fingerprint density at radius 1 is 1.19 bits per heavy atom. The standard InChI is InChI=1S/C19H18N2O4S/c1-24-17-11-15(26-2)7-8-16(17)19(23)25-12-18(22)21-14-5-3-13(4-6-14)9-10-20/h3-8,11H,9,12H2,1-2H3,(H,21,22). The molecule has 0 fully saturated rings. The number of benzene rings is 2. The number of rotatable bonds is 7. The number of carbonyl (C=O) groups is 2. The Labute approximate surface area is 156 Å². The average Bonchev–Trinajstić information content (AvgIpc) is 2.67. The van der Waals surface area contributed by atoms with Crippen LogP contribution in [0.15, 0.2) is 47.4 Å². The Bertz CT molecular complexity index is 828. The number of thioether (sulfide) groups is 1. The lowest BCUT2D eigenvalue weighted by Gasteiger charge is -2.10. The van der Waals surface area contributed by atoms with Gasteiger partial charge in [-0.3, -0.25) is 4.79 Å². The predicted octanol–water partition coefficient (Wildman–Crippen LogP) is 3.28. The molecule has 0 aliphatic heterocycles. The molecule has 1 amide bonds. The summed E-state index contributed by atoms with van der Waals surface area (Å²) in [6.45, 7) is -0.411. The van der Waals surface area contributed by atoms with Gasteiger partial charge in [0.25, 0.3) is 5.91 Å². The summed E-state index contributed by atoms with van der Waals surface area (Å²) in [6, 6.07) is 14.1. The van der Waals surface area contributed by atoms with Gasteiger partial charge < -0.3 is 14.8 Å². The molecule has 1 N–H and O–H groups in total. The van der Waals surface area contributed by atoms with E-state index in [9.17, 15) is 9.59 Å². The van der Waals surface area contributed by atoms with E-state index in [1.54, 1.807) is 42.5 Å². The monoisotopic (exact) mass is 370 g/mol. The van der Waals surface area contributed by atoms with Crippen molar-refractivity contribution in [2.24, 2.45) is 0 Å². The van der Waals surface area contributed by atoms with Crippen molar-refractivity contribution in [2.75, 3.05) is 25.3 Å². The molecular formula is C19H18N2O4S. The summed E-state index contributed by atoms with van der Waals surface area (Å²) < 4.78 is 10.3. The zero-order valence-electron chi connectivity index (χ0n) is 14.4. The fraction of sp³-hybridized carbons (Fsp3) is 0.211. The van der Waals surface area contributed by atoms with Crippen molar-refractivity contribution in [3.63, 3.8) is 0 Å². The number of nitriles is 1. The van der Waals surface area contributed by atoms with Gasteiger partial charge in [-0.25, -0.2) is 4.79 Å². The molecule has 0 aliphatic carbocycles. The molecular weight excluding hydrogens is 352 g/mol. The van der Waals surface area contributed by atoms with Crippen LogP contribution in [0.25, 0.3) is 0 Å². The minimum Gasteiger partial charge on any atom is -0.496 e. The number of amides is 1. The third-order valence-electron chi connectivity index (χ3n) is 3.48. The number of nitrogens with one attached hydrogen (secondary N) is 1. The van der Waals surface area contributed by atoms with E-state index in [2.05, 4.69) is 11.4 Å². The molecule has 2 rings (SSSR count). The number of methoxy groups -OCH3 is 1. The highest BCUT2D eigenvalue weighted by Crippen LogP contribution is 2.25. The van der Waals surface area contributed by atoms with Crippen molar-refractivity contribution >= 4 is 29.3 Å². The first-order valence-corrected chi connectivity index (χ1v) is 8.94. The van der Waals surface area contributed by atoms with Gasteiger partial charge in [-0.05, 0) is 42.2 Å². The molecule has 0 unspecified atom stereocenters. The number of hydrogen-bond donors (Lipinski definition) is 1. The van der Waals surface area contributed by atoms with Crippen LogP contribution in [0.3, 0.4) is 0 Å². The van der Waals surface area contributed by atoms with Crippen molar-refractivity contribution in [3.8, 4) is 11.8 Å². The van der Waals surface area contributed by atoms with Gasteiger partial charge in [0, 0.05) is 10.6 Å². The summed E-state index contributed by atoms with van der Waals surface area (Å²) >= 11 is 1.53. The fourth-order valence-electron chi connectivity index (χ4n) is 2.17. The fourth-order valence-corrected chi connectivity index (χ4v) is 2.60. The van der Waals surface area contributed by atoms with Gasteiger partial charge >= 0.3 is 5.97 Å². The van der Waals surface area contributed by atoms with Crippen LogP contribution in [0.5, 0.6) is 5.75 Å². The maximum atomic E-state index is 12.2. The summed E-state index contributed by atoms with van der Waals surface area (Å²) in [4.78, 5) is 25.1. The lowest BCUT2D eigenvalue weighted by atomic mass is 10.1. The van der Waals surface area contributed by atoms with E-state index in [4.69, 9.17) is 14.7 Å². The first-order valence-electron chi connectivity index (χ1n) is 7.72. The average molecular weight is 370 g/mol. The van der Waals surface area contributed by atoms with Crippen LogP contribution in [-0.2, 0) is 16.0 Å². The van der Waals surface area contributed by atoms with Crippen LogP contribution in [0.1, 0.15) is 15.9 Å². The second-order valence-corrected chi connectivity index (χ2v) is 6.10. The Morgan fingerprint density at radius 3 is 2.54 bits per heavy atom. The number of hydrogen-bond acceptors (Lipinski definition) is 6. The largest absolute Gasteiger partial charge is 0.496 e. The molecule has 0 heterocycles. The molecule has 0 radical (unpaired) electrons. The predicted molar refractivity (Wildman–Crippen MR) is 99.4 cm³/mol. The maximum absolute atomic E-state index is 12.2. The number of esters is 1. The Hall–Kier alpha value is -2.98. The summed E-state index contributed by atoms with van der Waals surface area (Å²) in [5, 5.41) is 11.3. The Morgan fingerprint density at radius 2 is 1.92 bits per heavy atom. The normalized spacial score (nSPS) is 9.88. The zero-order chi connectivity index (χ0) is 18.9. The van der Waals surface area contributed by atoms with Crippen molar-refractivity contribution < 1.29 is 19.1 Å². The van der Waals surface area contributed by atoms with E-state index in [1.165, 1.54) is 18.9 Å². The van der Waals surface area contributed by atoms with E-state index < -0.39 is 18.5 Å².